The van der Waals surface area contributed by atoms with Gasteiger partial charge in [0.2, 0.25) is 5.91 Å². The minimum Gasteiger partial charge on any atom is -0.494 e. The Kier molecular flexibility index (Phi) is 8.00. The Bertz CT molecular complexity index is 887. The van der Waals surface area contributed by atoms with Crippen LogP contribution in [-0.2, 0) is 4.79 Å². The van der Waals surface area contributed by atoms with Gasteiger partial charge < -0.3 is 14.5 Å². The number of aryl methyl sites for hydroxylation is 1. The van der Waals surface area contributed by atoms with Crippen LogP contribution in [0.25, 0.3) is 0 Å². The molecule has 2 aromatic rings. The number of rotatable bonds is 6. The molecule has 3 rings (SSSR count). The van der Waals surface area contributed by atoms with Crippen LogP contribution in [-0.4, -0.2) is 54.4 Å². The van der Waals surface area contributed by atoms with E-state index in [0.717, 1.165) is 12.2 Å². The molecular weight excluding hydrogens is 423 g/mol. The Labute approximate surface area is 187 Å². The lowest BCUT2D eigenvalue weighted by Crippen LogP contribution is -2.37. The van der Waals surface area contributed by atoms with Crippen molar-refractivity contribution in [1.82, 2.24) is 9.80 Å². The first-order valence-electron chi connectivity index (χ1n) is 10.2. The minimum atomic E-state index is -0.0886. The van der Waals surface area contributed by atoms with E-state index in [-0.39, 0.29) is 11.8 Å². The zero-order valence-electron chi connectivity index (χ0n) is 17.1. The predicted molar refractivity (Wildman–Crippen MR) is 119 cm³/mol. The van der Waals surface area contributed by atoms with E-state index in [2.05, 4.69) is 0 Å². The zero-order chi connectivity index (χ0) is 21.5. The van der Waals surface area contributed by atoms with Crippen molar-refractivity contribution < 1.29 is 14.3 Å². The minimum absolute atomic E-state index is 0.0886. The predicted octanol–water partition coefficient (Wildman–Crippen LogP) is 4.84. The molecule has 0 atom stereocenters. The maximum absolute atomic E-state index is 12.8. The molecule has 7 heteroatoms. The molecule has 1 aliphatic rings. The standard InChI is InChI=1S/C23H26Cl2N2O3/c1-17-5-8-19(9-6-17)30-15-2-4-22(28)26-11-3-12-27(14-13-26)23(29)18-7-10-20(24)21(25)16-18/h5-10,16H,2-4,11-15H2,1H3. The second kappa shape index (κ2) is 10.7. The van der Waals surface area contributed by atoms with Crippen LogP contribution in [0, 0.1) is 6.92 Å². The van der Waals surface area contributed by atoms with Gasteiger partial charge >= 0.3 is 0 Å². The molecule has 30 heavy (non-hydrogen) atoms. The average Bonchev–Trinajstić information content (AvgIpc) is 3.00. The maximum Gasteiger partial charge on any atom is 0.253 e. The van der Waals surface area contributed by atoms with Gasteiger partial charge in [-0.15, -0.1) is 0 Å². The maximum atomic E-state index is 12.8. The third kappa shape index (κ3) is 6.13. The lowest BCUT2D eigenvalue weighted by Gasteiger charge is -2.22. The Morgan fingerprint density at radius 2 is 1.63 bits per heavy atom. The molecule has 1 aliphatic heterocycles. The Morgan fingerprint density at radius 1 is 0.933 bits per heavy atom. The van der Waals surface area contributed by atoms with Crippen molar-refractivity contribution in [1.29, 1.82) is 0 Å². The molecule has 0 aliphatic carbocycles. The van der Waals surface area contributed by atoms with Gasteiger partial charge in [0.15, 0.2) is 0 Å². The van der Waals surface area contributed by atoms with Crippen LogP contribution in [0.4, 0.5) is 0 Å². The summed E-state index contributed by atoms with van der Waals surface area (Å²) in [5.74, 6) is 0.833. The highest BCUT2D eigenvalue weighted by Crippen LogP contribution is 2.23. The fourth-order valence-corrected chi connectivity index (χ4v) is 3.69. The monoisotopic (exact) mass is 448 g/mol. The molecule has 0 unspecified atom stereocenters. The van der Waals surface area contributed by atoms with E-state index in [1.807, 2.05) is 36.1 Å². The number of hydrogen-bond donors (Lipinski definition) is 0. The third-order valence-electron chi connectivity index (χ3n) is 5.13. The summed E-state index contributed by atoms with van der Waals surface area (Å²) in [6, 6.07) is 12.8. The number of carbonyl (C=O) groups excluding carboxylic acids is 2. The lowest BCUT2D eigenvalue weighted by molar-refractivity contribution is -0.131. The van der Waals surface area contributed by atoms with Gasteiger partial charge in [-0.05, 0) is 50.1 Å². The molecular formula is C23H26Cl2N2O3. The molecule has 2 aromatic carbocycles. The molecule has 160 valence electrons. The lowest BCUT2D eigenvalue weighted by atomic mass is 10.2. The van der Waals surface area contributed by atoms with Gasteiger partial charge in [0.25, 0.3) is 5.91 Å². The third-order valence-corrected chi connectivity index (χ3v) is 5.87. The van der Waals surface area contributed by atoms with E-state index >= 15 is 0 Å². The van der Waals surface area contributed by atoms with Crippen LogP contribution in [0.5, 0.6) is 5.75 Å². The topological polar surface area (TPSA) is 49.9 Å². The molecule has 0 saturated carbocycles. The summed E-state index contributed by atoms with van der Waals surface area (Å²) in [5.41, 5.74) is 1.70. The number of nitrogens with zero attached hydrogens (tertiary/aromatic N) is 2. The molecule has 5 nitrogen and oxygen atoms in total. The quantitative estimate of drug-likeness (QED) is 0.594. The largest absolute Gasteiger partial charge is 0.494 e. The molecule has 1 saturated heterocycles. The van der Waals surface area contributed by atoms with Gasteiger partial charge in [-0.1, -0.05) is 40.9 Å². The van der Waals surface area contributed by atoms with Gasteiger partial charge in [-0.3, -0.25) is 9.59 Å². The number of carbonyl (C=O) groups is 2. The summed E-state index contributed by atoms with van der Waals surface area (Å²) >= 11 is 12.0. The highest BCUT2D eigenvalue weighted by atomic mass is 35.5. The first-order valence-corrected chi connectivity index (χ1v) is 10.9. The Balaban J connectivity index is 1.44. The summed E-state index contributed by atoms with van der Waals surface area (Å²) in [6.45, 7) is 4.84. The van der Waals surface area contributed by atoms with Crippen molar-refractivity contribution in [3.05, 3.63) is 63.6 Å². The summed E-state index contributed by atoms with van der Waals surface area (Å²) in [5, 5.41) is 0.786. The first kappa shape index (κ1) is 22.4. The smallest absolute Gasteiger partial charge is 0.253 e. The first-order chi connectivity index (χ1) is 14.4. The van der Waals surface area contributed by atoms with Crippen molar-refractivity contribution >= 4 is 35.0 Å². The number of benzene rings is 2. The Morgan fingerprint density at radius 3 is 2.37 bits per heavy atom. The van der Waals surface area contributed by atoms with E-state index in [9.17, 15) is 9.59 Å². The zero-order valence-corrected chi connectivity index (χ0v) is 18.6. The summed E-state index contributed by atoms with van der Waals surface area (Å²) < 4.78 is 5.70. The fourth-order valence-electron chi connectivity index (χ4n) is 3.39. The highest BCUT2D eigenvalue weighted by Gasteiger charge is 2.23. The molecule has 2 amide bonds. The van der Waals surface area contributed by atoms with Crippen molar-refractivity contribution in [3.8, 4) is 5.75 Å². The molecule has 0 aromatic heterocycles. The fraction of sp³-hybridized carbons (Fsp3) is 0.391. The van der Waals surface area contributed by atoms with E-state index in [1.54, 1.807) is 23.1 Å². The molecule has 1 fully saturated rings. The molecule has 0 bridgehead atoms. The number of ether oxygens (including phenoxy) is 1. The normalized spacial score (nSPS) is 14.4. The van der Waals surface area contributed by atoms with Crippen LogP contribution < -0.4 is 4.74 Å². The van der Waals surface area contributed by atoms with Gasteiger partial charge in [0, 0.05) is 38.2 Å². The second-order valence-electron chi connectivity index (χ2n) is 7.42. The van der Waals surface area contributed by atoms with E-state index in [4.69, 9.17) is 27.9 Å². The van der Waals surface area contributed by atoms with E-state index in [1.165, 1.54) is 5.56 Å². The van der Waals surface area contributed by atoms with Crippen LogP contribution in [0.15, 0.2) is 42.5 Å². The van der Waals surface area contributed by atoms with Crippen LogP contribution in [0.1, 0.15) is 35.2 Å². The summed E-state index contributed by atoms with van der Waals surface area (Å²) in [6.07, 6.45) is 1.85. The van der Waals surface area contributed by atoms with Crippen LogP contribution in [0.2, 0.25) is 10.0 Å². The van der Waals surface area contributed by atoms with Gasteiger partial charge in [0.1, 0.15) is 5.75 Å². The summed E-state index contributed by atoms with van der Waals surface area (Å²) in [7, 11) is 0. The van der Waals surface area contributed by atoms with Crippen LogP contribution >= 0.6 is 23.2 Å². The molecule has 0 radical (unpaired) electrons. The van der Waals surface area contributed by atoms with Crippen molar-refractivity contribution in [2.24, 2.45) is 0 Å². The van der Waals surface area contributed by atoms with E-state index < -0.39 is 0 Å². The number of hydrogen-bond acceptors (Lipinski definition) is 3. The van der Waals surface area contributed by atoms with Crippen molar-refractivity contribution in [2.75, 3.05) is 32.8 Å². The number of halogens is 2. The van der Waals surface area contributed by atoms with Gasteiger partial charge in [0.05, 0.1) is 16.7 Å². The molecule has 1 heterocycles. The van der Waals surface area contributed by atoms with Crippen molar-refractivity contribution in [3.63, 3.8) is 0 Å². The van der Waals surface area contributed by atoms with Crippen LogP contribution in [0.3, 0.4) is 0 Å². The second-order valence-corrected chi connectivity index (χ2v) is 8.23. The average molecular weight is 449 g/mol. The summed E-state index contributed by atoms with van der Waals surface area (Å²) in [4.78, 5) is 28.9. The number of amides is 2. The van der Waals surface area contributed by atoms with Crippen molar-refractivity contribution in [2.45, 2.75) is 26.2 Å². The van der Waals surface area contributed by atoms with Gasteiger partial charge in [-0.25, -0.2) is 0 Å². The van der Waals surface area contributed by atoms with Gasteiger partial charge in [-0.2, -0.15) is 0 Å². The molecule has 0 spiro atoms. The SMILES string of the molecule is Cc1ccc(OCCCC(=O)N2CCCN(C(=O)c3ccc(Cl)c(Cl)c3)CC2)cc1. The van der Waals surface area contributed by atoms with E-state index in [0.29, 0.717) is 61.2 Å². The molecule has 0 N–H and O–H groups in total. The highest BCUT2D eigenvalue weighted by molar-refractivity contribution is 6.42. The Hall–Kier alpha value is -2.24.